The van der Waals surface area contributed by atoms with Crippen molar-refractivity contribution < 1.29 is 17.9 Å². The molecule has 2 fully saturated rings. The van der Waals surface area contributed by atoms with E-state index in [4.69, 9.17) is 9.47 Å². The van der Waals surface area contributed by atoms with Crippen LogP contribution in [0.4, 0.5) is 0 Å². The molecule has 1 saturated carbocycles. The van der Waals surface area contributed by atoms with Crippen LogP contribution in [-0.2, 0) is 16.3 Å². The molecule has 0 spiro atoms. The van der Waals surface area contributed by atoms with E-state index in [2.05, 4.69) is 52.7 Å². The number of fused-ring (bicyclic) bond motifs is 1. The number of ether oxygens (including phenoxy) is 2. The summed E-state index contributed by atoms with van der Waals surface area (Å²) in [4.78, 5) is 2.25. The third-order valence-electron chi connectivity index (χ3n) is 7.42. The predicted octanol–water partition coefficient (Wildman–Crippen LogP) is 3.76. The number of hydrogen-bond donors (Lipinski definition) is 1. The van der Waals surface area contributed by atoms with Gasteiger partial charge in [0.15, 0.2) is 9.84 Å². The first-order chi connectivity index (χ1) is 16.5. The van der Waals surface area contributed by atoms with E-state index in [1.807, 2.05) is 6.07 Å². The average molecular weight is 485 g/mol. The Balaban J connectivity index is 1.04. The van der Waals surface area contributed by atoms with Gasteiger partial charge in [0.1, 0.15) is 17.6 Å². The molecule has 0 bridgehead atoms. The molecular weight excluding hydrogens is 448 g/mol. The molecule has 184 valence electrons. The molecule has 7 heteroatoms. The molecule has 0 amide bonds. The molecule has 2 heterocycles. The fraction of sp³-hybridized carbons (Fsp3) is 0.556. The first-order valence-corrected chi connectivity index (χ1v) is 14.5. The quantitative estimate of drug-likeness (QED) is 0.646. The standard InChI is InChI=1S/C27H36N2O4S/c30-34(31)18-16-29(17-19-34)15-14-28-23-7-9-24(10-8-23)32-25-11-13-27-22(20-25)6-12-26(33-27)21-4-2-1-3-5-21/h1-5,11,13,20,23-24,26,28H,6-10,12,14-19H2. The van der Waals surface area contributed by atoms with Crippen molar-refractivity contribution in [2.75, 3.05) is 37.7 Å². The zero-order chi connectivity index (χ0) is 23.4. The second kappa shape index (κ2) is 10.7. The Kier molecular flexibility index (Phi) is 7.42. The summed E-state index contributed by atoms with van der Waals surface area (Å²) >= 11 is 0. The highest BCUT2D eigenvalue weighted by molar-refractivity contribution is 7.91. The van der Waals surface area contributed by atoms with E-state index < -0.39 is 9.84 Å². The first kappa shape index (κ1) is 23.6. The Bertz CT molecular complexity index is 1040. The fourth-order valence-corrected chi connectivity index (χ4v) is 6.60. The van der Waals surface area contributed by atoms with Gasteiger partial charge in [-0.3, -0.25) is 0 Å². The van der Waals surface area contributed by atoms with E-state index in [0.29, 0.717) is 30.6 Å². The van der Waals surface area contributed by atoms with Crippen LogP contribution in [0.15, 0.2) is 48.5 Å². The van der Waals surface area contributed by atoms with Crippen molar-refractivity contribution in [2.24, 2.45) is 0 Å². The minimum atomic E-state index is -2.80. The Labute approximate surface area is 203 Å². The Morgan fingerprint density at radius 2 is 1.74 bits per heavy atom. The summed E-state index contributed by atoms with van der Waals surface area (Å²) in [5.41, 5.74) is 2.48. The second-order valence-corrected chi connectivity index (χ2v) is 12.2. The fourth-order valence-electron chi connectivity index (χ4n) is 5.32. The predicted molar refractivity (Wildman–Crippen MR) is 134 cm³/mol. The van der Waals surface area contributed by atoms with Gasteiger partial charge in [0, 0.05) is 32.2 Å². The molecule has 1 aliphatic carbocycles. The van der Waals surface area contributed by atoms with Gasteiger partial charge in [-0.2, -0.15) is 0 Å². The molecule has 2 aliphatic heterocycles. The summed E-state index contributed by atoms with van der Waals surface area (Å²) in [6, 6.07) is 17.3. The molecule has 1 N–H and O–H groups in total. The summed E-state index contributed by atoms with van der Waals surface area (Å²) in [6.07, 6.45) is 6.75. The van der Waals surface area contributed by atoms with Gasteiger partial charge in [-0.25, -0.2) is 8.42 Å². The molecule has 2 aromatic carbocycles. The third-order valence-corrected chi connectivity index (χ3v) is 9.03. The van der Waals surface area contributed by atoms with Crippen LogP contribution < -0.4 is 14.8 Å². The summed E-state index contributed by atoms with van der Waals surface area (Å²) in [5, 5.41) is 3.67. The SMILES string of the molecule is O=S1(=O)CCN(CCNC2CCC(Oc3ccc4c(c3)CCC(c3ccccc3)O4)CC2)CC1. The molecule has 0 radical (unpaired) electrons. The van der Waals surface area contributed by atoms with Crippen LogP contribution in [0.25, 0.3) is 0 Å². The Morgan fingerprint density at radius 1 is 0.971 bits per heavy atom. The summed E-state index contributed by atoms with van der Waals surface area (Å²) in [7, 11) is -2.80. The smallest absolute Gasteiger partial charge is 0.152 e. The Morgan fingerprint density at radius 3 is 2.50 bits per heavy atom. The van der Waals surface area contributed by atoms with Gasteiger partial charge < -0.3 is 19.7 Å². The highest BCUT2D eigenvalue weighted by Crippen LogP contribution is 2.37. The van der Waals surface area contributed by atoms with Crippen molar-refractivity contribution in [3.05, 3.63) is 59.7 Å². The van der Waals surface area contributed by atoms with Gasteiger partial charge >= 0.3 is 0 Å². The van der Waals surface area contributed by atoms with E-state index in [9.17, 15) is 8.42 Å². The highest BCUT2D eigenvalue weighted by atomic mass is 32.2. The number of nitrogens with zero attached hydrogens (tertiary/aromatic N) is 1. The molecule has 1 saturated heterocycles. The van der Waals surface area contributed by atoms with Gasteiger partial charge in [-0.1, -0.05) is 30.3 Å². The van der Waals surface area contributed by atoms with Gasteiger partial charge in [-0.05, 0) is 67.9 Å². The molecule has 1 atom stereocenters. The summed E-state index contributed by atoms with van der Waals surface area (Å²) < 4.78 is 35.7. The lowest BCUT2D eigenvalue weighted by Gasteiger charge is -2.32. The van der Waals surface area contributed by atoms with E-state index in [1.54, 1.807) is 0 Å². The number of benzene rings is 2. The van der Waals surface area contributed by atoms with Gasteiger partial charge in [-0.15, -0.1) is 0 Å². The minimum Gasteiger partial charge on any atom is -0.490 e. The van der Waals surface area contributed by atoms with Gasteiger partial charge in [0.05, 0.1) is 17.6 Å². The first-order valence-electron chi connectivity index (χ1n) is 12.7. The second-order valence-electron chi connectivity index (χ2n) is 9.86. The highest BCUT2D eigenvalue weighted by Gasteiger charge is 2.25. The van der Waals surface area contributed by atoms with Crippen LogP contribution in [0.2, 0.25) is 0 Å². The summed E-state index contributed by atoms with van der Waals surface area (Å²) in [5.74, 6) is 2.54. The van der Waals surface area contributed by atoms with Crippen molar-refractivity contribution in [1.82, 2.24) is 10.2 Å². The lowest BCUT2D eigenvalue weighted by atomic mass is 9.93. The number of sulfone groups is 1. The van der Waals surface area contributed by atoms with E-state index in [0.717, 1.165) is 63.1 Å². The topological polar surface area (TPSA) is 67.9 Å². The van der Waals surface area contributed by atoms with Crippen LogP contribution in [0, 0.1) is 0 Å². The van der Waals surface area contributed by atoms with E-state index >= 15 is 0 Å². The van der Waals surface area contributed by atoms with E-state index in [1.165, 1.54) is 11.1 Å². The minimum absolute atomic E-state index is 0.131. The van der Waals surface area contributed by atoms with Gasteiger partial charge in [0.2, 0.25) is 0 Å². The monoisotopic (exact) mass is 484 g/mol. The maximum atomic E-state index is 11.6. The molecule has 1 unspecified atom stereocenters. The molecule has 2 aromatic rings. The largest absolute Gasteiger partial charge is 0.490 e. The molecule has 3 aliphatic rings. The number of nitrogens with one attached hydrogen (secondary N) is 1. The lowest BCUT2D eigenvalue weighted by Crippen LogP contribution is -2.45. The molecular formula is C27H36N2O4S. The van der Waals surface area contributed by atoms with Crippen molar-refractivity contribution in [2.45, 2.75) is 56.8 Å². The third kappa shape index (κ3) is 6.12. The molecule has 5 rings (SSSR count). The summed E-state index contributed by atoms with van der Waals surface area (Å²) in [6.45, 7) is 3.19. The van der Waals surface area contributed by atoms with Crippen LogP contribution in [0.1, 0.15) is 49.3 Å². The van der Waals surface area contributed by atoms with Crippen LogP contribution in [-0.4, -0.2) is 63.1 Å². The number of aryl methyl sites for hydroxylation is 1. The van der Waals surface area contributed by atoms with Crippen LogP contribution >= 0.6 is 0 Å². The molecule has 6 nitrogen and oxygen atoms in total. The van der Waals surface area contributed by atoms with Crippen molar-refractivity contribution in [3.63, 3.8) is 0 Å². The maximum Gasteiger partial charge on any atom is 0.152 e. The molecule has 0 aromatic heterocycles. The number of hydrogen-bond acceptors (Lipinski definition) is 6. The number of rotatable bonds is 7. The molecule has 34 heavy (non-hydrogen) atoms. The normalized spacial score (nSPS) is 26.9. The van der Waals surface area contributed by atoms with E-state index in [-0.39, 0.29) is 12.2 Å². The van der Waals surface area contributed by atoms with Crippen molar-refractivity contribution in [3.8, 4) is 11.5 Å². The van der Waals surface area contributed by atoms with Gasteiger partial charge in [0.25, 0.3) is 0 Å². The van der Waals surface area contributed by atoms with Crippen molar-refractivity contribution in [1.29, 1.82) is 0 Å². The lowest BCUT2D eigenvalue weighted by molar-refractivity contribution is 0.137. The maximum absolute atomic E-state index is 11.6. The van der Waals surface area contributed by atoms with Crippen LogP contribution in [0.5, 0.6) is 11.5 Å². The van der Waals surface area contributed by atoms with Crippen molar-refractivity contribution >= 4 is 9.84 Å². The van der Waals surface area contributed by atoms with Crippen LogP contribution in [0.3, 0.4) is 0 Å². The zero-order valence-corrected chi connectivity index (χ0v) is 20.6. The Hall–Kier alpha value is -2.09. The zero-order valence-electron chi connectivity index (χ0n) is 19.8. The average Bonchev–Trinajstić information content (AvgIpc) is 2.86.